The number of Topliss-reactive ketones (excluding diaryl/α,β-unsaturated/α-hetero) is 2. The Morgan fingerprint density at radius 2 is 2.23 bits per heavy atom. The van der Waals surface area contributed by atoms with Crippen LogP contribution in [0, 0.1) is 0 Å². The summed E-state index contributed by atoms with van der Waals surface area (Å²) in [5, 5.41) is 0. The van der Waals surface area contributed by atoms with E-state index in [9.17, 15) is 9.59 Å². The summed E-state index contributed by atoms with van der Waals surface area (Å²) in [7, 11) is 0. The van der Waals surface area contributed by atoms with Crippen LogP contribution in [0.2, 0.25) is 0 Å². The highest BCUT2D eigenvalue weighted by Gasteiger charge is 2.18. The first-order chi connectivity index (χ1) is 6.18. The molecule has 0 bridgehead atoms. The highest BCUT2D eigenvalue weighted by Crippen LogP contribution is 2.17. The molecular formula is C10H11NO2. The molecule has 1 aromatic rings. The largest absolute Gasteiger partial charge is 0.341 e. The molecule has 0 unspecified atom stereocenters. The minimum Gasteiger partial charge on any atom is -0.341 e. The van der Waals surface area contributed by atoms with Crippen LogP contribution in [-0.2, 0) is 17.8 Å². The molecule has 0 fully saturated rings. The predicted molar refractivity (Wildman–Crippen MR) is 47.8 cm³/mol. The molecule has 13 heavy (non-hydrogen) atoms. The van der Waals surface area contributed by atoms with Gasteiger partial charge in [-0.2, -0.15) is 0 Å². The second-order valence-corrected chi connectivity index (χ2v) is 3.38. The van der Waals surface area contributed by atoms with Crippen LogP contribution in [0.25, 0.3) is 0 Å². The quantitative estimate of drug-likeness (QED) is 0.605. The molecule has 0 spiro atoms. The van der Waals surface area contributed by atoms with Crippen molar-refractivity contribution in [3.63, 3.8) is 0 Å². The molecule has 1 aliphatic rings. The molecule has 68 valence electrons. The van der Waals surface area contributed by atoms with Crippen LogP contribution in [-0.4, -0.2) is 16.1 Å². The van der Waals surface area contributed by atoms with Crippen molar-refractivity contribution in [1.82, 2.24) is 4.57 Å². The first kappa shape index (κ1) is 8.23. The van der Waals surface area contributed by atoms with Crippen LogP contribution in [0.3, 0.4) is 0 Å². The van der Waals surface area contributed by atoms with Crippen LogP contribution in [0.1, 0.15) is 29.5 Å². The second kappa shape index (κ2) is 2.83. The van der Waals surface area contributed by atoms with Gasteiger partial charge in [-0.3, -0.25) is 9.59 Å². The van der Waals surface area contributed by atoms with Crippen molar-refractivity contribution in [1.29, 1.82) is 0 Å². The first-order valence-electron chi connectivity index (χ1n) is 4.39. The summed E-state index contributed by atoms with van der Waals surface area (Å²) in [4.78, 5) is 22.3. The number of aromatic nitrogens is 1. The summed E-state index contributed by atoms with van der Waals surface area (Å²) in [5.74, 6) is 0.335. The molecule has 2 rings (SSSR count). The maximum Gasteiger partial charge on any atom is 0.176 e. The van der Waals surface area contributed by atoms with E-state index in [1.807, 2.05) is 10.6 Å². The van der Waals surface area contributed by atoms with E-state index in [0.29, 0.717) is 19.4 Å². The number of ketones is 2. The molecule has 0 radical (unpaired) electrons. The normalized spacial score (nSPS) is 15.6. The number of carbonyl (C=O) groups excluding carboxylic acids is 2. The molecule has 0 saturated carbocycles. The van der Waals surface area contributed by atoms with Gasteiger partial charge in [-0.05, 0) is 12.1 Å². The lowest BCUT2D eigenvalue weighted by molar-refractivity contribution is -0.119. The number of hydrogen-bond donors (Lipinski definition) is 0. The number of fused-ring (bicyclic) bond motifs is 1. The fourth-order valence-corrected chi connectivity index (χ4v) is 1.76. The van der Waals surface area contributed by atoms with Crippen molar-refractivity contribution in [3.8, 4) is 0 Å². The van der Waals surface area contributed by atoms with Crippen molar-refractivity contribution in [2.45, 2.75) is 26.3 Å². The number of rotatable bonds is 1. The van der Waals surface area contributed by atoms with Crippen LogP contribution in [0.4, 0.5) is 0 Å². The van der Waals surface area contributed by atoms with Crippen LogP contribution < -0.4 is 0 Å². The fraction of sp³-hybridized carbons (Fsp3) is 0.400. The van der Waals surface area contributed by atoms with Crippen LogP contribution >= 0.6 is 0 Å². The van der Waals surface area contributed by atoms with Gasteiger partial charge in [-0.15, -0.1) is 0 Å². The van der Waals surface area contributed by atoms with Gasteiger partial charge >= 0.3 is 0 Å². The van der Waals surface area contributed by atoms with E-state index in [0.717, 1.165) is 11.4 Å². The molecule has 0 amide bonds. The minimum absolute atomic E-state index is 0.0700. The molecule has 0 atom stereocenters. The molecule has 0 aromatic carbocycles. The highest BCUT2D eigenvalue weighted by molar-refractivity contribution is 5.93. The molecule has 3 nitrogen and oxygen atoms in total. The Hall–Kier alpha value is -1.38. The Morgan fingerprint density at radius 1 is 1.46 bits per heavy atom. The third-order valence-electron chi connectivity index (χ3n) is 2.42. The predicted octanol–water partition coefficient (Wildman–Crippen LogP) is 1.21. The monoisotopic (exact) mass is 177 g/mol. The lowest BCUT2D eigenvalue weighted by atomic mass is 10.1. The zero-order chi connectivity index (χ0) is 9.42. The van der Waals surface area contributed by atoms with Crippen LogP contribution in [0.5, 0.6) is 0 Å². The van der Waals surface area contributed by atoms with E-state index in [4.69, 9.17) is 0 Å². The van der Waals surface area contributed by atoms with Crippen molar-refractivity contribution < 1.29 is 9.59 Å². The molecule has 2 heterocycles. The SMILES string of the molecule is CC(=O)c1ccc2n1CCC(=O)C2. The lowest BCUT2D eigenvalue weighted by Gasteiger charge is -2.15. The van der Waals surface area contributed by atoms with E-state index >= 15 is 0 Å². The van der Waals surface area contributed by atoms with Crippen molar-refractivity contribution >= 4 is 11.6 Å². The minimum atomic E-state index is 0.0700. The van der Waals surface area contributed by atoms with Gasteiger partial charge in [-0.1, -0.05) is 0 Å². The fourth-order valence-electron chi connectivity index (χ4n) is 1.76. The summed E-state index contributed by atoms with van der Waals surface area (Å²) in [5.41, 5.74) is 1.70. The molecule has 0 saturated heterocycles. The highest BCUT2D eigenvalue weighted by atomic mass is 16.1. The van der Waals surface area contributed by atoms with Crippen molar-refractivity contribution in [2.75, 3.05) is 0 Å². The van der Waals surface area contributed by atoms with E-state index < -0.39 is 0 Å². The third-order valence-corrected chi connectivity index (χ3v) is 2.42. The Morgan fingerprint density at radius 3 is 2.92 bits per heavy atom. The molecule has 0 aliphatic carbocycles. The number of nitrogens with zero attached hydrogens (tertiary/aromatic N) is 1. The van der Waals surface area contributed by atoms with E-state index in [1.165, 1.54) is 0 Å². The summed E-state index contributed by atoms with van der Waals surface area (Å²) in [6.45, 7) is 2.22. The molecule has 1 aliphatic heterocycles. The van der Waals surface area contributed by atoms with Gasteiger partial charge in [-0.25, -0.2) is 0 Å². The van der Waals surface area contributed by atoms with Gasteiger partial charge in [0, 0.05) is 32.0 Å². The summed E-state index contributed by atoms with van der Waals surface area (Å²) >= 11 is 0. The van der Waals surface area contributed by atoms with E-state index in [-0.39, 0.29) is 11.6 Å². The van der Waals surface area contributed by atoms with Gasteiger partial charge in [0.05, 0.1) is 5.69 Å². The first-order valence-corrected chi connectivity index (χ1v) is 4.39. The zero-order valence-corrected chi connectivity index (χ0v) is 7.54. The number of carbonyl (C=O) groups is 2. The second-order valence-electron chi connectivity index (χ2n) is 3.38. The van der Waals surface area contributed by atoms with E-state index in [1.54, 1.807) is 13.0 Å². The van der Waals surface area contributed by atoms with Crippen molar-refractivity contribution in [2.24, 2.45) is 0 Å². The summed E-state index contributed by atoms with van der Waals surface area (Å²) in [6.07, 6.45) is 1.04. The maximum absolute atomic E-state index is 11.2. The Bertz CT molecular complexity index is 376. The third kappa shape index (κ3) is 1.30. The molecular weight excluding hydrogens is 166 g/mol. The van der Waals surface area contributed by atoms with Gasteiger partial charge in [0.15, 0.2) is 5.78 Å². The Balaban J connectivity index is 2.44. The molecule has 1 aromatic heterocycles. The number of hydrogen-bond acceptors (Lipinski definition) is 2. The van der Waals surface area contributed by atoms with Gasteiger partial charge in [0.2, 0.25) is 0 Å². The summed E-state index contributed by atoms with van der Waals surface area (Å²) < 4.78 is 1.95. The van der Waals surface area contributed by atoms with Crippen molar-refractivity contribution in [3.05, 3.63) is 23.5 Å². The van der Waals surface area contributed by atoms with Crippen LogP contribution in [0.15, 0.2) is 12.1 Å². The van der Waals surface area contributed by atoms with E-state index in [2.05, 4.69) is 0 Å². The average molecular weight is 177 g/mol. The van der Waals surface area contributed by atoms with Gasteiger partial charge < -0.3 is 4.57 Å². The summed E-state index contributed by atoms with van der Waals surface area (Å²) in [6, 6.07) is 3.67. The Kier molecular flexibility index (Phi) is 1.79. The zero-order valence-electron chi connectivity index (χ0n) is 7.54. The molecule has 3 heteroatoms. The van der Waals surface area contributed by atoms with Gasteiger partial charge in [0.1, 0.15) is 5.78 Å². The standard InChI is InChI=1S/C10H11NO2/c1-7(12)10-3-2-8-6-9(13)4-5-11(8)10/h2-3H,4-6H2,1H3. The topological polar surface area (TPSA) is 39.1 Å². The molecule has 0 N–H and O–H groups in total. The maximum atomic E-state index is 11.2. The lowest BCUT2D eigenvalue weighted by Crippen LogP contribution is -2.20. The smallest absolute Gasteiger partial charge is 0.176 e. The van der Waals surface area contributed by atoms with Gasteiger partial charge in [0.25, 0.3) is 0 Å². The average Bonchev–Trinajstić information content (AvgIpc) is 2.46. The Labute approximate surface area is 76.4 Å².